The molecule has 9 N–H and O–H groups in total. The maximum Gasteiger partial charge on any atom is 0.292 e. The van der Waals surface area contributed by atoms with Crippen molar-refractivity contribution in [2.24, 2.45) is 0 Å². The Hall–Kier alpha value is -3.20. The number of nitrogens with zero attached hydrogens (tertiary/aromatic N) is 1. The van der Waals surface area contributed by atoms with Crippen molar-refractivity contribution in [3.05, 3.63) is 46.5 Å². The molecule has 0 saturated carbocycles. The largest absolute Gasteiger partial charge is 0.400 e. The Bertz CT molecular complexity index is 880. The van der Waals surface area contributed by atoms with E-state index >= 15 is 0 Å². The molecule has 0 fully saturated rings. The van der Waals surface area contributed by atoms with Gasteiger partial charge >= 0.3 is 0 Å². The SMILES string of the molecule is C.CCCCCCCCNc1ccc(N)c(N)c1.CCCCCCCCNc1ccc([N+](=O)[O-])c(N)c1.CO. The highest BCUT2D eigenvalue weighted by atomic mass is 16.6. The topological polar surface area (TPSA) is 165 Å². The van der Waals surface area contributed by atoms with Crippen LogP contribution >= 0.6 is 0 Å². The number of hydrogen-bond donors (Lipinski definition) is 6. The predicted octanol–water partition coefficient (Wildman–Crippen LogP) is 7.82. The zero-order valence-electron chi connectivity index (χ0n) is 23.8. The summed E-state index contributed by atoms with van der Waals surface area (Å²) in [6.45, 7) is 6.34. The summed E-state index contributed by atoms with van der Waals surface area (Å²) in [6.07, 6.45) is 15.4. The molecule has 0 aliphatic carbocycles. The normalized spacial score (nSPS) is 9.74. The van der Waals surface area contributed by atoms with Gasteiger partial charge in [-0.3, -0.25) is 10.1 Å². The van der Waals surface area contributed by atoms with Gasteiger partial charge in [0.1, 0.15) is 5.69 Å². The molecule has 224 valence electrons. The summed E-state index contributed by atoms with van der Waals surface area (Å²) in [5.74, 6) is 0. The Kier molecular flexibility index (Phi) is 24.4. The lowest BCUT2D eigenvalue weighted by molar-refractivity contribution is -0.383. The number of benzene rings is 2. The number of hydrogen-bond acceptors (Lipinski definition) is 8. The average Bonchev–Trinajstić information content (AvgIpc) is 2.91. The third-order valence-electron chi connectivity index (χ3n) is 6.03. The number of anilines is 5. The second kappa shape index (κ2) is 25.1. The molecule has 2 aromatic rings. The van der Waals surface area contributed by atoms with E-state index in [4.69, 9.17) is 22.3 Å². The highest BCUT2D eigenvalue weighted by molar-refractivity contribution is 5.69. The number of nitrogen functional groups attached to an aromatic ring is 3. The Labute approximate surface area is 237 Å². The van der Waals surface area contributed by atoms with Crippen LogP contribution in [0.15, 0.2) is 36.4 Å². The van der Waals surface area contributed by atoms with Crippen molar-refractivity contribution < 1.29 is 10.0 Å². The maximum atomic E-state index is 10.6. The van der Waals surface area contributed by atoms with E-state index in [-0.39, 0.29) is 18.8 Å². The average molecular weight is 549 g/mol. The number of nitro groups is 1. The minimum Gasteiger partial charge on any atom is -0.400 e. The molecule has 9 heteroatoms. The van der Waals surface area contributed by atoms with E-state index in [9.17, 15) is 10.1 Å². The predicted molar refractivity (Wildman–Crippen MR) is 171 cm³/mol. The molecule has 0 spiro atoms. The summed E-state index contributed by atoms with van der Waals surface area (Å²) < 4.78 is 0. The molecular weight excluding hydrogens is 492 g/mol. The van der Waals surface area contributed by atoms with Crippen LogP contribution < -0.4 is 27.8 Å². The van der Waals surface area contributed by atoms with Gasteiger partial charge in [-0.15, -0.1) is 0 Å². The van der Waals surface area contributed by atoms with Crippen molar-refractivity contribution in [2.75, 3.05) is 48.0 Å². The van der Waals surface area contributed by atoms with Crippen molar-refractivity contribution in [1.82, 2.24) is 0 Å². The van der Waals surface area contributed by atoms with Gasteiger partial charge in [0.15, 0.2) is 0 Å². The Balaban J connectivity index is 0. The van der Waals surface area contributed by atoms with E-state index in [0.717, 1.165) is 38.0 Å². The summed E-state index contributed by atoms with van der Waals surface area (Å²) in [4.78, 5) is 10.2. The van der Waals surface area contributed by atoms with Crippen LogP contribution in [0.4, 0.5) is 34.1 Å². The number of nitro benzene ring substituents is 1. The molecule has 0 radical (unpaired) electrons. The van der Waals surface area contributed by atoms with Crippen LogP contribution in [0.1, 0.15) is 98.3 Å². The number of aliphatic hydroxyl groups excluding tert-OH is 1. The Morgan fingerprint density at radius 2 is 1.08 bits per heavy atom. The highest BCUT2D eigenvalue weighted by Crippen LogP contribution is 2.24. The fraction of sp³-hybridized carbons (Fsp3) is 0.600. The molecule has 0 amide bonds. The van der Waals surface area contributed by atoms with Crippen LogP contribution in [0.5, 0.6) is 0 Å². The van der Waals surface area contributed by atoms with Gasteiger partial charge in [0.25, 0.3) is 5.69 Å². The lowest BCUT2D eigenvalue weighted by atomic mass is 10.1. The number of nitrogens with two attached hydrogens (primary N) is 3. The maximum absolute atomic E-state index is 10.6. The second-order valence-corrected chi connectivity index (χ2v) is 9.26. The van der Waals surface area contributed by atoms with Crippen LogP contribution in [0.25, 0.3) is 0 Å². The Morgan fingerprint density at radius 3 is 1.49 bits per heavy atom. The second-order valence-electron chi connectivity index (χ2n) is 9.26. The van der Waals surface area contributed by atoms with E-state index in [1.165, 1.54) is 76.7 Å². The van der Waals surface area contributed by atoms with Crippen molar-refractivity contribution in [3.63, 3.8) is 0 Å². The van der Waals surface area contributed by atoms with Crippen LogP contribution in [-0.2, 0) is 0 Å². The summed E-state index contributed by atoms with van der Waals surface area (Å²) >= 11 is 0. The molecule has 2 rings (SSSR count). The number of unbranched alkanes of at least 4 members (excludes halogenated alkanes) is 10. The van der Waals surface area contributed by atoms with Gasteiger partial charge in [-0.2, -0.15) is 0 Å². The standard InChI is InChI=1S/C14H23N3O2.C14H25N3.CH4O.CH4/c1-2-3-4-5-6-7-10-16-12-8-9-14(17(18)19)13(15)11-12;1-2-3-4-5-6-7-10-17-12-8-9-13(15)14(16)11-12;1-2;/h8-9,11,16H,2-7,10,15H2,1H3;8-9,11,17H,2-7,10,15-16H2,1H3;2H,1H3;1H4. The molecule has 0 bridgehead atoms. The van der Waals surface area contributed by atoms with Crippen molar-refractivity contribution in [1.29, 1.82) is 0 Å². The first-order valence-corrected chi connectivity index (χ1v) is 14.0. The molecule has 39 heavy (non-hydrogen) atoms. The van der Waals surface area contributed by atoms with E-state index in [1.54, 1.807) is 12.1 Å². The van der Waals surface area contributed by atoms with Crippen LogP contribution in [0.3, 0.4) is 0 Å². The molecule has 2 aromatic carbocycles. The molecule has 0 aromatic heterocycles. The van der Waals surface area contributed by atoms with Crippen LogP contribution in [0.2, 0.25) is 0 Å². The minimum absolute atomic E-state index is 0. The van der Waals surface area contributed by atoms with Crippen LogP contribution in [0, 0.1) is 10.1 Å². The molecule has 0 unspecified atom stereocenters. The first kappa shape index (κ1) is 37.9. The monoisotopic (exact) mass is 548 g/mol. The molecule has 0 atom stereocenters. The zero-order valence-corrected chi connectivity index (χ0v) is 23.8. The molecular formula is C30H56N6O3. The first-order valence-electron chi connectivity index (χ1n) is 14.0. The summed E-state index contributed by atoms with van der Waals surface area (Å²) in [5, 5.41) is 24.2. The van der Waals surface area contributed by atoms with Gasteiger partial charge in [0.05, 0.1) is 16.3 Å². The smallest absolute Gasteiger partial charge is 0.292 e. The third-order valence-corrected chi connectivity index (χ3v) is 6.03. The zero-order chi connectivity index (χ0) is 28.6. The van der Waals surface area contributed by atoms with E-state index in [1.807, 2.05) is 18.2 Å². The fourth-order valence-electron chi connectivity index (χ4n) is 3.79. The Morgan fingerprint density at radius 1 is 0.667 bits per heavy atom. The fourth-order valence-corrected chi connectivity index (χ4v) is 3.79. The number of aliphatic hydroxyl groups is 1. The van der Waals surface area contributed by atoms with Gasteiger partial charge in [-0.25, -0.2) is 0 Å². The quantitative estimate of drug-likeness (QED) is 0.0503. The van der Waals surface area contributed by atoms with Crippen molar-refractivity contribution >= 4 is 34.1 Å². The summed E-state index contributed by atoms with van der Waals surface area (Å²) in [5.41, 5.74) is 20.4. The summed E-state index contributed by atoms with van der Waals surface area (Å²) in [7, 11) is 1.00. The molecule has 0 heterocycles. The molecule has 0 saturated heterocycles. The van der Waals surface area contributed by atoms with Gasteiger partial charge < -0.3 is 32.9 Å². The van der Waals surface area contributed by atoms with Crippen molar-refractivity contribution in [2.45, 2.75) is 98.3 Å². The molecule has 0 aliphatic heterocycles. The highest BCUT2D eigenvalue weighted by Gasteiger charge is 2.10. The van der Waals surface area contributed by atoms with Crippen molar-refractivity contribution in [3.8, 4) is 0 Å². The lowest BCUT2D eigenvalue weighted by Gasteiger charge is -2.08. The van der Waals surface area contributed by atoms with Gasteiger partial charge in [-0.05, 0) is 43.2 Å². The number of rotatable bonds is 17. The van der Waals surface area contributed by atoms with Gasteiger partial charge in [0.2, 0.25) is 0 Å². The number of nitrogens with one attached hydrogen (secondary N) is 2. The van der Waals surface area contributed by atoms with Crippen LogP contribution in [-0.4, -0.2) is 30.2 Å². The third kappa shape index (κ3) is 18.7. The summed E-state index contributed by atoms with van der Waals surface area (Å²) in [6, 6.07) is 10.5. The molecule has 0 aliphatic rings. The van der Waals surface area contributed by atoms with E-state index in [0.29, 0.717) is 11.4 Å². The molecule has 9 nitrogen and oxygen atoms in total. The van der Waals surface area contributed by atoms with E-state index < -0.39 is 4.92 Å². The van der Waals surface area contributed by atoms with Gasteiger partial charge in [-0.1, -0.05) is 85.5 Å². The van der Waals surface area contributed by atoms with Gasteiger partial charge in [0, 0.05) is 37.6 Å². The lowest BCUT2D eigenvalue weighted by Crippen LogP contribution is -2.03. The first-order chi connectivity index (χ1) is 18.4. The minimum atomic E-state index is -0.465. The van der Waals surface area contributed by atoms with E-state index in [2.05, 4.69) is 24.5 Å².